The van der Waals surface area contributed by atoms with E-state index < -0.39 is 0 Å². The van der Waals surface area contributed by atoms with E-state index in [0.717, 1.165) is 17.7 Å². The summed E-state index contributed by atoms with van der Waals surface area (Å²) in [4.78, 5) is 18.3. The fourth-order valence-electron chi connectivity index (χ4n) is 1.98. The first-order valence-corrected chi connectivity index (χ1v) is 6.65. The summed E-state index contributed by atoms with van der Waals surface area (Å²) < 4.78 is 0. The van der Waals surface area contributed by atoms with Crippen LogP contribution < -0.4 is 5.73 Å². The van der Waals surface area contributed by atoms with Gasteiger partial charge in [0.1, 0.15) is 0 Å². The van der Waals surface area contributed by atoms with Crippen molar-refractivity contribution in [2.75, 3.05) is 13.6 Å². The van der Waals surface area contributed by atoms with E-state index in [1.807, 2.05) is 42.5 Å². The molecule has 2 aromatic rings. The molecule has 0 fully saturated rings. The second kappa shape index (κ2) is 6.82. The van der Waals surface area contributed by atoms with E-state index >= 15 is 0 Å². The van der Waals surface area contributed by atoms with Crippen molar-refractivity contribution < 1.29 is 4.79 Å². The van der Waals surface area contributed by atoms with Crippen molar-refractivity contribution in [3.63, 3.8) is 0 Å². The van der Waals surface area contributed by atoms with E-state index in [1.165, 1.54) is 0 Å². The Labute approximate surface area is 119 Å². The van der Waals surface area contributed by atoms with Gasteiger partial charge in [-0.3, -0.25) is 9.78 Å². The molecular formula is C16H19N3O. The third-order valence-electron chi connectivity index (χ3n) is 3.19. The number of rotatable bonds is 5. The summed E-state index contributed by atoms with van der Waals surface area (Å²) in [5.74, 6) is 0.0104. The minimum absolute atomic E-state index is 0.0104. The molecule has 0 atom stereocenters. The molecule has 1 amide bonds. The number of pyridine rings is 1. The molecule has 1 heterocycles. The van der Waals surface area contributed by atoms with Crippen molar-refractivity contribution in [1.29, 1.82) is 0 Å². The highest BCUT2D eigenvalue weighted by Gasteiger charge is 2.11. The molecule has 20 heavy (non-hydrogen) atoms. The Morgan fingerprint density at radius 3 is 2.80 bits per heavy atom. The molecule has 2 rings (SSSR count). The van der Waals surface area contributed by atoms with Gasteiger partial charge in [0.05, 0.1) is 0 Å². The molecule has 0 aliphatic heterocycles. The third kappa shape index (κ3) is 3.65. The number of carbonyl (C=O) groups is 1. The zero-order chi connectivity index (χ0) is 14.4. The molecule has 1 aromatic carbocycles. The second-order valence-electron chi connectivity index (χ2n) is 4.70. The van der Waals surface area contributed by atoms with Crippen molar-refractivity contribution in [2.45, 2.75) is 13.0 Å². The standard InChI is InChI=1S/C16H19N3O/c1-19(10-8-15-7-2-3-9-18-15)16(20)14-6-4-5-13(11-14)12-17/h2-7,9,11H,8,10,12,17H2,1H3. The summed E-state index contributed by atoms with van der Waals surface area (Å²) >= 11 is 0. The Morgan fingerprint density at radius 1 is 1.25 bits per heavy atom. The van der Waals surface area contributed by atoms with Crippen LogP contribution in [-0.2, 0) is 13.0 Å². The van der Waals surface area contributed by atoms with Crippen LogP contribution in [0.25, 0.3) is 0 Å². The van der Waals surface area contributed by atoms with Gasteiger partial charge in [-0.1, -0.05) is 18.2 Å². The van der Waals surface area contributed by atoms with Crippen molar-refractivity contribution >= 4 is 5.91 Å². The summed E-state index contributed by atoms with van der Waals surface area (Å²) in [6.45, 7) is 1.08. The van der Waals surface area contributed by atoms with Gasteiger partial charge in [-0.15, -0.1) is 0 Å². The minimum Gasteiger partial charge on any atom is -0.341 e. The lowest BCUT2D eigenvalue weighted by atomic mass is 10.1. The quantitative estimate of drug-likeness (QED) is 0.901. The van der Waals surface area contributed by atoms with Gasteiger partial charge in [-0.25, -0.2) is 0 Å². The van der Waals surface area contributed by atoms with Crippen LogP contribution in [0.5, 0.6) is 0 Å². The van der Waals surface area contributed by atoms with Gasteiger partial charge in [0.25, 0.3) is 5.91 Å². The first-order chi connectivity index (χ1) is 9.70. The number of hydrogen-bond donors (Lipinski definition) is 1. The van der Waals surface area contributed by atoms with Gasteiger partial charge in [0.15, 0.2) is 0 Å². The minimum atomic E-state index is 0.0104. The SMILES string of the molecule is CN(CCc1ccccn1)C(=O)c1cccc(CN)c1. The third-order valence-corrected chi connectivity index (χ3v) is 3.19. The molecule has 0 saturated heterocycles. The van der Waals surface area contributed by atoms with E-state index in [4.69, 9.17) is 5.73 Å². The van der Waals surface area contributed by atoms with Crippen LogP contribution >= 0.6 is 0 Å². The van der Waals surface area contributed by atoms with Crippen LogP contribution in [0, 0.1) is 0 Å². The summed E-state index contributed by atoms with van der Waals surface area (Å²) in [6, 6.07) is 13.3. The molecule has 0 unspecified atom stereocenters. The lowest BCUT2D eigenvalue weighted by Gasteiger charge is -2.17. The maximum absolute atomic E-state index is 12.3. The predicted octanol–water partition coefficient (Wildman–Crippen LogP) is 1.85. The van der Waals surface area contributed by atoms with Crippen LogP contribution in [0.15, 0.2) is 48.7 Å². The van der Waals surface area contributed by atoms with Crippen LogP contribution in [0.3, 0.4) is 0 Å². The maximum Gasteiger partial charge on any atom is 0.253 e. The lowest BCUT2D eigenvalue weighted by Crippen LogP contribution is -2.29. The number of nitrogens with two attached hydrogens (primary N) is 1. The summed E-state index contributed by atoms with van der Waals surface area (Å²) in [6.07, 6.45) is 2.52. The number of aromatic nitrogens is 1. The van der Waals surface area contributed by atoms with Gasteiger partial charge in [0, 0.05) is 44.0 Å². The summed E-state index contributed by atoms with van der Waals surface area (Å²) in [7, 11) is 1.81. The average Bonchev–Trinajstić information content (AvgIpc) is 2.53. The number of hydrogen-bond acceptors (Lipinski definition) is 3. The number of benzene rings is 1. The molecule has 104 valence electrons. The van der Waals surface area contributed by atoms with Crippen LogP contribution in [-0.4, -0.2) is 29.4 Å². The van der Waals surface area contributed by atoms with E-state index in [2.05, 4.69) is 4.98 Å². The fourth-order valence-corrected chi connectivity index (χ4v) is 1.98. The highest BCUT2D eigenvalue weighted by Crippen LogP contribution is 2.08. The van der Waals surface area contributed by atoms with E-state index in [1.54, 1.807) is 18.1 Å². The molecule has 0 aliphatic carbocycles. The first kappa shape index (κ1) is 14.2. The van der Waals surface area contributed by atoms with Gasteiger partial charge < -0.3 is 10.6 Å². The number of carbonyl (C=O) groups excluding carboxylic acids is 1. The Kier molecular flexibility index (Phi) is 4.85. The topological polar surface area (TPSA) is 59.2 Å². The number of likely N-dealkylation sites (N-methyl/N-ethyl adjacent to an activating group) is 1. The zero-order valence-electron chi connectivity index (χ0n) is 11.6. The maximum atomic E-state index is 12.3. The van der Waals surface area contributed by atoms with Crippen molar-refractivity contribution in [2.24, 2.45) is 5.73 Å². The number of nitrogens with zero attached hydrogens (tertiary/aromatic N) is 2. The molecule has 0 radical (unpaired) electrons. The van der Waals surface area contributed by atoms with Crippen LogP contribution in [0.4, 0.5) is 0 Å². The lowest BCUT2D eigenvalue weighted by molar-refractivity contribution is 0.0796. The van der Waals surface area contributed by atoms with Crippen molar-refractivity contribution in [3.8, 4) is 0 Å². The molecule has 0 bridgehead atoms. The molecular weight excluding hydrogens is 250 g/mol. The second-order valence-corrected chi connectivity index (χ2v) is 4.70. The van der Waals surface area contributed by atoms with Crippen molar-refractivity contribution in [1.82, 2.24) is 9.88 Å². The Bertz CT molecular complexity index is 569. The normalized spacial score (nSPS) is 10.3. The Hall–Kier alpha value is -2.20. The van der Waals surface area contributed by atoms with Crippen LogP contribution in [0.1, 0.15) is 21.6 Å². The van der Waals surface area contributed by atoms with Gasteiger partial charge in [-0.05, 0) is 29.8 Å². The fraction of sp³-hybridized carbons (Fsp3) is 0.250. The Morgan fingerprint density at radius 2 is 2.10 bits per heavy atom. The average molecular weight is 269 g/mol. The molecule has 1 aromatic heterocycles. The van der Waals surface area contributed by atoms with Gasteiger partial charge in [0.2, 0.25) is 0 Å². The molecule has 2 N–H and O–H groups in total. The molecule has 0 saturated carbocycles. The highest BCUT2D eigenvalue weighted by atomic mass is 16.2. The number of amides is 1. The van der Waals surface area contributed by atoms with Gasteiger partial charge in [-0.2, -0.15) is 0 Å². The molecule has 0 aliphatic rings. The van der Waals surface area contributed by atoms with E-state index in [0.29, 0.717) is 18.7 Å². The summed E-state index contributed by atoms with van der Waals surface area (Å²) in [5.41, 5.74) is 8.23. The predicted molar refractivity (Wildman–Crippen MR) is 79.2 cm³/mol. The van der Waals surface area contributed by atoms with Crippen molar-refractivity contribution in [3.05, 3.63) is 65.5 Å². The Balaban J connectivity index is 1.98. The monoisotopic (exact) mass is 269 g/mol. The van der Waals surface area contributed by atoms with E-state index in [9.17, 15) is 4.79 Å². The van der Waals surface area contributed by atoms with E-state index in [-0.39, 0.29) is 5.91 Å². The van der Waals surface area contributed by atoms with Crippen LogP contribution in [0.2, 0.25) is 0 Å². The molecule has 0 spiro atoms. The summed E-state index contributed by atoms with van der Waals surface area (Å²) in [5, 5.41) is 0. The highest BCUT2D eigenvalue weighted by molar-refractivity contribution is 5.94. The molecule has 4 nitrogen and oxygen atoms in total. The smallest absolute Gasteiger partial charge is 0.253 e. The zero-order valence-corrected chi connectivity index (χ0v) is 11.6. The van der Waals surface area contributed by atoms with Gasteiger partial charge >= 0.3 is 0 Å². The molecule has 4 heteroatoms. The first-order valence-electron chi connectivity index (χ1n) is 6.65. The largest absolute Gasteiger partial charge is 0.341 e.